The number of aliphatic hydroxyl groups is 2. The molecule has 61 heavy (non-hydrogen) atoms. The number of ether oxygens (including phenoxy) is 11. The number of aromatic hydroxyl groups is 2. The molecule has 0 saturated carbocycles. The third-order valence-electron chi connectivity index (χ3n) is 8.80. The molecule has 21 nitrogen and oxygen atoms in total. The summed E-state index contributed by atoms with van der Waals surface area (Å²) in [5.41, 5.74) is 0.791. The van der Waals surface area contributed by atoms with E-state index in [1.165, 1.54) is 62.8 Å². The Morgan fingerprint density at radius 3 is 1.70 bits per heavy atom. The maximum atomic E-state index is 13.4. The minimum Gasteiger partial charge on any atom is -0.504 e. The zero-order valence-electron chi connectivity index (χ0n) is 33.7. The molecule has 2 saturated heterocycles. The summed E-state index contributed by atoms with van der Waals surface area (Å²) in [6, 6.07) is 8.40. The molecular formula is C40H46O21. The Kier molecular flexibility index (Phi) is 16.6. The Morgan fingerprint density at radius 2 is 1.18 bits per heavy atom. The molecule has 4 rings (SSSR count). The van der Waals surface area contributed by atoms with Crippen LogP contribution in [0.25, 0.3) is 12.2 Å². The molecule has 2 heterocycles. The first-order valence-corrected chi connectivity index (χ1v) is 18.3. The molecule has 0 radical (unpaired) electrons. The zero-order valence-corrected chi connectivity index (χ0v) is 33.7. The standard InChI is InChI=1S/C40H46O21/c1-20(41)53-18-31-36(56-22(3)43)35(50)37(57-23(4)44)39(58-31)61-40(19-55-21(2)42)38(59-33(48)14-10-25-8-12-27(46)29(16-25)52-6)34(49)30(60-40)17-54-32(47)13-9-24-7-11-26(45)28(15-24)51-5/h7-16,30-31,34-39,45-46,49-50H,17-19H2,1-6H3/b13-9+,14-10+. The highest BCUT2D eigenvalue weighted by Gasteiger charge is 2.63. The molecule has 332 valence electrons. The second-order valence-corrected chi connectivity index (χ2v) is 13.4. The summed E-state index contributed by atoms with van der Waals surface area (Å²) >= 11 is 0. The predicted octanol–water partition coefficient (Wildman–Crippen LogP) is 0.845. The molecule has 2 aliphatic rings. The van der Waals surface area contributed by atoms with Crippen LogP contribution >= 0.6 is 0 Å². The van der Waals surface area contributed by atoms with Crippen molar-refractivity contribution in [3.05, 3.63) is 59.7 Å². The third kappa shape index (κ3) is 12.9. The van der Waals surface area contributed by atoms with E-state index in [-0.39, 0.29) is 23.0 Å². The van der Waals surface area contributed by atoms with Crippen LogP contribution in [0.1, 0.15) is 38.8 Å². The molecule has 2 aromatic carbocycles. The lowest BCUT2D eigenvalue weighted by Crippen LogP contribution is -2.65. The van der Waals surface area contributed by atoms with Crippen LogP contribution in [0.4, 0.5) is 0 Å². The van der Waals surface area contributed by atoms with E-state index in [0.717, 1.165) is 39.8 Å². The summed E-state index contributed by atoms with van der Waals surface area (Å²) in [5.74, 6) is -8.47. The number of rotatable bonds is 17. The number of phenolic OH excluding ortho intramolecular Hbond substituents is 2. The highest BCUT2D eigenvalue weighted by atomic mass is 16.8. The van der Waals surface area contributed by atoms with Gasteiger partial charge in [-0.2, -0.15) is 0 Å². The highest BCUT2D eigenvalue weighted by molar-refractivity contribution is 5.88. The van der Waals surface area contributed by atoms with Gasteiger partial charge in [0, 0.05) is 39.8 Å². The van der Waals surface area contributed by atoms with E-state index in [1.54, 1.807) is 0 Å². The molecule has 2 aliphatic heterocycles. The maximum absolute atomic E-state index is 13.4. The Balaban J connectivity index is 1.73. The van der Waals surface area contributed by atoms with Gasteiger partial charge in [-0.05, 0) is 47.5 Å². The van der Waals surface area contributed by atoms with Gasteiger partial charge in [-0.15, -0.1) is 0 Å². The fourth-order valence-corrected chi connectivity index (χ4v) is 6.06. The van der Waals surface area contributed by atoms with E-state index in [9.17, 15) is 49.2 Å². The van der Waals surface area contributed by atoms with Crippen LogP contribution in [0.5, 0.6) is 23.0 Å². The van der Waals surface area contributed by atoms with E-state index in [2.05, 4.69) is 0 Å². The quantitative estimate of drug-likeness (QED) is 0.0974. The van der Waals surface area contributed by atoms with E-state index >= 15 is 0 Å². The van der Waals surface area contributed by atoms with Crippen molar-refractivity contribution in [2.45, 2.75) is 82.5 Å². The van der Waals surface area contributed by atoms with Gasteiger partial charge in [-0.1, -0.05) is 12.1 Å². The molecule has 0 aliphatic carbocycles. The summed E-state index contributed by atoms with van der Waals surface area (Å²) in [4.78, 5) is 74.7. The molecule has 0 spiro atoms. The number of aliphatic hydroxyl groups excluding tert-OH is 2. The van der Waals surface area contributed by atoms with E-state index in [0.29, 0.717) is 11.1 Å². The van der Waals surface area contributed by atoms with Crippen molar-refractivity contribution >= 4 is 48.0 Å². The first-order valence-electron chi connectivity index (χ1n) is 18.3. The Morgan fingerprint density at radius 1 is 0.656 bits per heavy atom. The fraction of sp³-hybridized carbons (Fsp3) is 0.450. The van der Waals surface area contributed by atoms with Gasteiger partial charge in [-0.3, -0.25) is 19.2 Å². The number of benzene rings is 2. The normalized spacial score (nSPS) is 26.0. The van der Waals surface area contributed by atoms with E-state index < -0.39 is 110 Å². The summed E-state index contributed by atoms with van der Waals surface area (Å²) in [5, 5.41) is 43.0. The maximum Gasteiger partial charge on any atom is 0.331 e. The lowest BCUT2D eigenvalue weighted by molar-refractivity contribution is -0.384. The van der Waals surface area contributed by atoms with Crippen LogP contribution in [0.2, 0.25) is 0 Å². The van der Waals surface area contributed by atoms with Crippen molar-refractivity contribution in [2.24, 2.45) is 0 Å². The molecule has 2 aromatic rings. The van der Waals surface area contributed by atoms with Gasteiger partial charge in [0.1, 0.15) is 44.2 Å². The summed E-state index contributed by atoms with van der Waals surface area (Å²) in [6.45, 7) is 1.66. The molecule has 21 heteroatoms. The van der Waals surface area contributed by atoms with Gasteiger partial charge in [0.25, 0.3) is 0 Å². The van der Waals surface area contributed by atoms with Gasteiger partial charge >= 0.3 is 35.8 Å². The Bertz CT molecular complexity index is 1970. The number of hydrogen-bond donors (Lipinski definition) is 4. The van der Waals surface area contributed by atoms with Crippen molar-refractivity contribution in [1.29, 1.82) is 0 Å². The molecule has 0 amide bonds. The molecule has 9 unspecified atom stereocenters. The van der Waals surface area contributed by atoms with Crippen molar-refractivity contribution in [3.8, 4) is 23.0 Å². The summed E-state index contributed by atoms with van der Waals surface area (Å²) < 4.78 is 60.3. The van der Waals surface area contributed by atoms with Crippen LogP contribution < -0.4 is 9.47 Å². The molecule has 0 bridgehead atoms. The van der Waals surface area contributed by atoms with Crippen LogP contribution in [0.15, 0.2) is 48.6 Å². The number of carbonyl (C=O) groups is 6. The second kappa shape index (κ2) is 21.3. The first kappa shape index (κ1) is 47.4. The second-order valence-electron chi connectivity index (χ2n) is 13.4. The average Bonchev–Trinajstić information content (AvgIpc) is 3.45. The minimum absolute atomic E-state index is 0.0823. The molecule has 0 aromatic heterocycles. The molecule has 9 atom stereocenters. The van der Waals surface area contributed by atoms with Gasteiger partial charge in [0.05, 0.1) is 14.2 Å². The lowest BCUT2D eigenvalue weighted by Gasteiger charge is -2.45. The van der Waals surface area contributed by atoms with Crippen molar-refractivity contribution in [3.63, 3.8) is 0 Å². The number of methoxy groups -OCH3 is 2. The van der Waals surface area contributed by atoms with E-state index in [4.69, 9.17) is 52.1 Å². The van der Waals surface area contributed by atoms with E-state index in [1.807, 2.05) is 0 Å². The molecule has 4 N–H and O–H groups in total. The summed E-state index contributed by atoms with van der Waals surface area (Å²) in [7, 11) is 2.65. The summed E-state index contributed by atoms with van der Waals surface area (Å²) in [6.07, 6.45) is -10.0. The largest absolute Gasteiger partial charge is 0.504 e. The van der Waals surface area contributed by atoms with Crippen molar-refractivity contribution in [2.75, 3.05) is 34.0 Å². The monoisotopic (exact) mass is 862 g/mol. The minimum atomic E-state index is -2.63. The third-order valence-corrected chi connectivity index (χ3v) is 8.80. The molecular weight excluding hydrogens is 816 g/mol. The van der Waals surface area contributed by atoms with Crippen molar-refractivity contribution < 1.29 is 101 Å². The van der Waals surface area contributed by atoms with Crippen LogP contribution in [0, 0.1) is 0 Å². The van der Waals surface area contributed by atoms with Crippen LogP contribution in [0.3, 0.4) is 0 Å². The number of esters is 6. The zero-order chi connectivity index (χ0) is 45.0. The van der Waals surface area contributed by atoms with Crippen LogP contribution in [-0.4, -0.2) is 145 Å². The predicted molar refractivity (Wildman–Crippen MR) is 202 cm³/mol. The van der Waals surface area contributed by atoms with Gasteiger partial charge < -0.3 is 72.5 Å². The smallest absolute Gasteiger partial charge is 0.331 e. The van der Waals surface area contributed by atoms with Gasteiger partial charge in [0.15, 0.2) is 41.3 Å². The fourth-order valence-electron chi connectivity index (χ4n) is 6.06. The first-order chi connectivity index (χ1) is 28.9. The van der Waals surface area contributed by atoms with Gasteiger partial charge in [-0.25, -0.2) is 9.59 Å². The topological polar surface area (TPSA) is 285 Å². The van der Waals surface area contributed by atoms with Gasteiger partial charge in [0.2, 0.25) is 12.1 Å². The SMILES string of the molecule is COc1cc(/C=C/C(=O)OCC2OC(COC(C)=O)(OC3OC(COC(C)=O)C(OC(C)=O)C(O)C3OC(C)=O)C(OC(=O)/C=C/c3ccc(O)c(OC)c3)C2O)ccc1O. The van der Waals surface area contributed by atoms with Crippen molar-refractivity contribution in [1.82, 2.24) is 0 Å². The number of phenols is 2. The Labute approximate surface area is 348 Å². The number of hydrogen-bond acceptors (Lipinski definition) is 21. The average molecular weight is 863 g/mol. The lowest BCUT2D eigenvalue weighted by atomic mass is 9.98. The van der Waals surface area contributed by atoms with Crippen LogP contribution in [-0.2, 0) is 71.4 Å². The highest BCUT2D eigenvalue weighted by Crippen LogP contribution is 2.40. The Hall–Kier alpha value is -6.26. The number of carbonyl (C=O) groups excluding carboxylic acids is 6. The molecule has 2 fully saturated rings.